The molecular formula is C14H13IN2O. The van der Waals surface area contributed by atoms with E-state index in [1.807, 2.05) is 55.6 Å². The van der Waals surface area contributed by atoms with E-state index in [0.29, 0.717) is 5.56 Å². The number of benzene rings is 2. The zero-order valence-electron chi connectivity index (χ0n) is 9.91. The summed E-state index contributed by atoms with van der Waals surface area (Å²) in [6, 6.07) is 15.1. The molecule has 0 spiro atoms. The van der Waals surface area contributed by atoms with Crippen molar-refractivity contribution in [3.8, 4) is 0 Å². The summed E-state index contributed by atoms with van der Waals surface area (Å²) >= 11 is 2.21. The van der Waals surface area contributed by atoms with E-state index in [1.165, 1.54) is 0 Å². The Kier molecular flexibility index (Phi) is 4.19. The Hall–Kier alpha value is -1.56. The number of carbonyl (C=O) groups is 1. The molecule has 92 valence electrons. The Morgan fingerprint density at radius 3 is 2.22 bits per heavy atom. The van der Waals surface area contributed by atoms with Crippen molar-refractivity contribution < 1.29 is 4.79 Å². The molecule has 2 aromatic rings. The molecule has 0 bridgehead atoms. The largest absolute Gasteiger partial charge is 0.386 e. The van der Waals surface area contributed by atoms with Crippen molar-refractivity contribution in [3.63, 3.8) is 0 Å². The van der Waals surface area contributed by atoms with Crippen LogP contribution in [0.1, 0.15) is 10.4 Å². The van der Waals surface area contributed by atoms with Gasteiger partial charge in [-0.3, -0.25) is 4.79 Å². The van der Waals surface area contributed by atoms with Crippen molar-refractivity contribution in [2.75, 3.05) is 17.7 Å². The molecule has 0 unspecified atom stereocenters. The molecule has 0 saturated heterocycles. The first-order chi connectivity index (χ1) is 8.70. The van der Waals surface area contributed by atoms with E-state index < -0.39 is 0 Å². The second-order valence-corrected chi connectivity index (χ2v) is 5.00. The molecule has 0 saturated carbocycles. The highest BCUT2D eigenvalue weighted by Gasteiger charge is 2.07. The maximum atomic E-state index is 12.1. The third kappa shape index (κ3) is 3.01. The zero-order chi connectivity index (χ0) is 13.0. The second kappa shape index (κ2) is 5.86. The molecule has 0 radical (unpaired) electrons. The standard InChI is InChI=1S/C14H13IN2O/c1-16-12-4-2-3-5-13(12)17-14(18)10-6-8-11(15)9-7-10/h2-9,16H,1H3,(H,17,18). The third-order valence-corrected chi connectivity index (χ3v) is 3.27. The van der Waals surface area contributed by atoms with Gasteiger partial charge >= 0.3 is 0 Å². The Labute approximate surface area is 120 Å². The molecule has 2 aromatic carbocycles. The predicted molar refractivity (Wildman–Crippen MR) is 83.1 cm³/mol. The molecule has 0 fully saturated rings. The van der Waals surface area contributed by atoms with Gasteiger partial charge in [-0.25, -0.2) is 0 Å². The zero-order valence-corrected chi connectivity index (χ0v) is 12.1. The molecule has 1 amide bonds. The van der Waals surface area contributed by atoms with Crippen LogP contribution in [-0.2, 0) is 0 Å². The lowest BCUT2D eigenvalue weighted by Crippen LogP contribution is -2.13. The van der Waals surface area contributed by atoms with E-state index >= 15 is 0 Å². The van der Waals surface area contributed by atoms with Crippen molar-refractivity contribution in [1.29, 1.82) is 0 Å². The normalized spacial score (nSPS) is 9.89. The van der Waals surface area contributed by atoms with Crippen LogP contribution < -0.4 is 10.6 Å². The molecule has 0 aliphatic rings. The SMILES string of the molecule is CNc1ccccc1NC(=O)c1ccc(I)cc1. The van der Waals surface area contributed by atoms with Gasteiger partial charge in [-0.05, 0) is 59.0 Å². The lowest BCUT2D eigenvalue weighted by molar-refractivity contribution is 0.102. The van der Waals surface area contributed by atoms with Crippen molar-refractivity contribution in [3.05, 3.63) is 57.7 Å². The molecule has 4 heteroatoms. The summed E-state index contributed by atoms with van der Waals surface area (Å²) in [5.41, 5.74) is 2.33. The maximum Gasteiger partial charge on any atom is 0.255 e. The highest BCUT2D eigenvalue weighted by atomic mass is 127. The molecule has 2 rings (SSSR count). The average Bonchev–Trinajstić information content (AvgIpc) is 2.40. The van der Waals surface area contributed by atoms with Crippen LogP contribution in [0.15, 0.2) is 48.5 Å². The van der Waals surface area contributed by atoms with E-state index in [1.54, 1.807) is 0 Å². The first-order valence-corrected chi connectivity index (χ1v) is 6.62. The summed E-state index contributed by atoms with van der Waals surface area (Å²) in [4.78, 5) is 12.1. The number of rotatable bonds is 3. The number of hydrogen-bond acceptors (Lipinski definition) is 2. The number of nitrogens with one attached hydrogen (secondary N) is 2. The van der Waals surface area contributed by atoms with Crippen molar-refractivity contribution in [2.24, 2.45) is 0 Å². The highest BCUT2D eigenvalue weighted by molar-refractivity contribution is 14.1. The summed E-state index contributed by atoms with van der Waals surface area (Å²) in [5, 5.41) is 5.94. The third-order valence-electron chi connectivity index (χ3n) is 2.55. The van der Waals surface area contributed by atoms with Crippen molar-refractivity contribution in [1.82, 2.24) is 0 Å². The minimum Gasteiger partial charge on any atom is -0.386 e. The molecule has 18 heavy (non-hydrogen) atoms. The fraction of sp³-hybridized carbons (Fsp3) is 0.0714. The molecule has 0 aliphatic carbocycles. The highest BCUT2D eigenvalue weighted by Crippen LogP contribution is 2.21. The summed E-state index contributed by atoms with van der Waals surface area (Å²) < 4.78 is 1.11. The van der Waals surface area contributed by atoms with E-state index in [-0.39, 0.29) is 5.91 Å². The van der Waals surface area contributed by atoms with Crippen LogP contribution in [0.3, 0.4) is 0 Å². The second-order valence-electron chi connectivity index (χ2n) is 3.76. The number of para-hydroxylation sites is 2. The first kappa shape index (κ1) is 12.9. The lowest BCUT2D eigenvalue weighted by Gasteiger charge is -2.10. The first-order valence-electron chi connectivity index (χ1n) is 5.54. The average molecular weight is 352 g/mol. The Morgan fingerprint density at radius 2 is 1.61 bits per heavy atom. The topological polar surface area (TPSA) is 41.1 Å². The molecule has 0 aliphatic heterocycles. The van der Waals surface area contributed by atoms with Gasteiger partial charge in [0.05, 0.1) is 11.4 Å². The van der Waals surface area contributed by atoms with Crippen molar-refractivity contribution in [2.45, 2.75) is 0 Å². The molecule has 3 nitrogen and oxygen atoms in total. The van der Waals surface area contributed by atoms with Gasteiger partial charge in [0.25, 0.3) is 5.91 Å². The molecular weight excluding hydrogens is 339 g/mol. The van der Waals surface area contributed by atoms with E-state index in [9.17, 15) is 4.79 Å². The van der Waals surface area contributed by atoms with Gasteiger partial charge in [0.15, 0.2) is 0 Å². The number of halogens is 1. The molecule has 0 heterocycles. The van der Waals surface area contributed by atoms with Gasteiger partial charge in [0, 0.05) is 16.2 Å². The smallest absolute Gasteiger partial charge is 0.255 e. The number of amides is 1. The maximum absolute atomic E-state index is 12.1. The minimum atomic E-state index is -0.103. The number of anilines is 2. The lowest BCUT2D eigenvalue weighted by atomic mass is 10.2. The van der Waals surface area contributed by atoms with Crippen LogP contribution >= 0.6 is 22.6 Å². The van der Waals surface area contributed by atoms with Crippen LogP contribution in [0.4, 0.5) is 11.4 Å². The molecule has 0 atom stereocenters. The Morgan fingerprint density at radius 1 is 1.00 bits per heavy atom. The fourth-order valence-electron chi connectivity index (χ4n) is 1.61. The van der Waals surface area contributed by atoms with E-state index in [2.05, 4.69) is 33.2 Å². The van der Waals surface area contributed by atoms with Gasteiger partial charge in [-0.1, -0.05) is 12.1 Å². The molecule has 0 aromatic heterocycles. The van der Waals surface area contributed by atoms with E-state index in [4.69, 9.17) is 0 Å². The van der Waals surface area contributed by atoms with Gasteiger partial charge in [-0.15, -0.1) is 0 Å². The Bertz CT molecular complexity index is 552. The van der Waals surface area contributed by atoms with Crippen molar-refractivity contribution >= 4 is 39.9 Å². The van der Waals surface area contributed by atoms with Crippen LogP contribution in [0.25, 0.3) is 0 Å². The summed E-state index contributed by atoms with van der Waals surface area (Å²) in [6.07, 6.45) is 0. The van der Waals surface area contributed by atoms with Crippen LogP contribution in [-0.4, -0.2) is 13.0 Å². The van der Waals surface area contributed by atoms with Gasteiger partial charge in [0.2, 0.25) is 0 Å². The van der Waals surface area contributed by atoms with Crippen LogP contribution in [0.5, 0.6) is 0 Å². The van der Waals surface area contributed by atoms with Gasteiger partial charge < -0.3 is 10.6 Å². The number of carbonyl (C=O) groups excluding carboxylic acids is 1. The summed E-state index contributed by atoms with van der Waals surface area (Å²) in [7, 11) is 1.83. The minimum absolute atomic E-state index is 0.103. The summed E-state index contributed by atoms with van der Waals surface area (Å²) in [5.74, 6) is -0.103. The molecule has 2 N–H and O–H groups in total. The quantitative estimate of drug-likeness (QED) is 0.829. The predicted octanol–water partition coefficient (Wildman–Crippen LogP) is 3.59. The van der Waals surface area contributed by atoms with Gasteiger partial charge in [-0.2, -0.15) is 0 Å². The Balaban J connectivity index is 2.18. The van der Waals surface area contributed by atoms with Gasteiger partial charge in [0.1, 0.15) is 0 Å². The van der Waals surface area contributed by atoms with E-state index in [0.717, 1.165) is 14.9 Å². The fourth-order valence-corrected chi connectivity index (χ4v) is 1.97. The van der Waals surface area contributed by atoms with Crippen LogP contribution in [0.2, 0.25) is 0 Å². The monoisotopic (exact) mass is 352 g/mol. The summed E-state index contributed by atoms with van der Waals surface area (Å²) in [6.45, 7) is 0. The van der Waals surface area contributed by atoms with Crippen LogP contribution in [0, 0.1) is 3.57 Å². The number of hydrogen-bond donors (Lipinski definition) is 2.